The molecule has 0 spiro atoms. The Balaban J connectivity index is 2.44. The summed E-state index contributed by atoms with van der Waals surface area (Å²) in [5.74, 6) is 0.0286. The number of nitrogens with zero attached hydrogens (tertiary/aromatic N) is 2. The number of ketones is 1. The first kappa shape index (κ1) is 11.4. The number of hydrogen-bond acceptors (Lipinski definition) is 6. The van der Waals surface area contributed by atoms with Gasteiger partial charge in [0.25, 0.3) is 0 Å². The van der Waals surface area contributed by atoms with Gasteiger partial charge in [-0.1, -0.05) is 0 Å². The van der Waals surface area contributed by atoms with E-state index in [1.165, 1.54) is 0 Å². The minimum Gasteiger partial charge on any atom is -0.389 e. The third-order valence-corrected chi connectivity index (χ3v) is 3.03. The van der Waals surface area contributed by atoms with Crippen molar-refractivity contribution in [1.29, 1.82) is 0 Å². The number of halogens is 1. The summed E-state index contributed by atoms with van der Waals surface area (Å²) < 4.78 is 1.78. The number of rotatable bonds is 2. The molecule has 2 rings (SSSR count). The highest BCUT2D eigenvalue weighted by molar-refractivity contribution is 9.07. The fourth-order valence-corrected chi connectivity index (χ4v) is 2.26. The Morgan fingerprint density at radius 2 is 2.44 bits per heavy atom. The average Bonchev–Trinajstić information content (AvgIpc) is 2.28. The van der Waals surface area contributed by atoms with Crippen LogP contribution in [0.5, 0.6) is 0 Å². The van der Waals surface area contributed by atoms with Crippen LogP contribution >= 0.6 is 16.1 Å². The molecule has 0 amide bonds. The third kappa shape index (κ3) is 1.81. The zero-order chi connectivity index (χ0) is 11.7. The van der Waals surface area contributed by atoms with Crippen LogP contribution in [0.1, 0.15) is 0 Å². The van der Waals surface area contributed by atoms with Crippen LogP contribution in [0.4, 0.5) is 0 Å². The highest BCUT2D eigenvalue weighted by Crippen LogP contribution is 2.27. The lowest BCUT2D eigenvalue weighted by molar-refractivity contribution is -0.117. The molecule has 7 heteroatoms. The number of fused-ring (bicyclic) bond motifs is 1. The minimum absolute atomic E-state index is 0.0286. The summed E-state index contributed by atoms with van der Waals surface area (Å²) >= 11 is 3.34. The lowest BCUT2D eigenvalue weighted by atomic mass is 10.0. The Kier molecular flexibility index (Phi) is 3.17. The van der Waals surface area contributed by atoms with Crippen LogP contribution in [0.15, 0.2) is 23.2 Å². The van der Waals surface area contributed by atoms with Crippen LogP contribution in [0.25, 0.3) is 0 Å². The molecule has 2 aliphatic heterocycles. The molecule has 1 saturated heterocycles. The number of aliphatic hydroxyl groups is 1. The molecule has 0 bridgehead atoms. The van der Waals surface area contributed by atoms with E-state index in [2.05, 4.69) is 26.9 Å². The van der Waals surface area contributed by atoms with E-state index in [9.17, 15) is 9.90 Å². The summed E-state index contributed by atoms with van der Waals surface area (Å²) in [7, 11) is 1.78. The lowest BCUT2D eigenvalue weighted by Crippen LogP contribution is -2.50. The maximum absolute atomic E-state index is 11.8. The number of likely N-dealkylation sites (N-methyl/N-ethyl adjacent to an activating group) is 1. The van der Waals surface area contributed by atoms with Crippen LogP contribution in [0.2, 0.25) is 0 Å². The smallest absolute Gasteiger partial charge is 0.182 e. The van der Waals surface area contributed by atoms with Crippen LogP contribution in [0, 0.1) is 0 Å². The standard InChI is InChI=1S/C9H13BrN4O2/c1-11-6-3-13(10)4-7-9(6)8(16)2-12-14(7)5-15/h4,11-12,15H,2-3,5H2,1H3. The summed E-state index contributed by atoms with van der Waals surface area (Å²) in [4.78, 5) is 11.8. The average molecular weight is 289 g/mol. The maximum Gasteiger partial charge on any atom is 0.182 e. The highest BCUT2D eigenvalue weighted by Gasteiger charge is 2.31. The molecule has 0 unspecified atom stereocenters. The summed E-state index contributed by atoms with van der Waals surface area (Å²) in [6, 6.07) is 0. The molecule has 88 valence electrons. The Hall–Kier alpha value is -1.05. The molecule has 0 aromatic heterocycles. The van der Waals surface area contributed by atoms with Crippen molar-refractivity contribution in [2.45, 2.75) is 0 Å². The highest BCUT2D eigenvalue weighted by atomic mass is 79.9. The number of hydrazine groups is 1. The van der Waals surface area contributed by atoms with Crippen molar-refractivity contribution in [2.24, 2.45) is 0 Å². The molecule has 3 N–H and O–H groups in total. The summed E-state index contributed by atoms with van der Waals surface area (Å²) in [5.41, 5.74) is 5.00. The van der Waals surface area contributed by atoms with Gasteiger partial charge in [-0.25, -0.2) is 5.43 Å². The molecule has 1 fully saturated rings. The number of carbonyl (C=O) groups is 1. The number of allylic oxidation sites excluding steroid dienone is 1. The van der Waals surface area contributed by atoms with E-state index >= 15 is 0 Å². The summed E-state index contributed by atoms with van der Waals surface area (Å²) in [6.07, 6.45) is 1.77. The van der Waals surface area contributed by atoms with Crippen molar-refractivity contribution < 1.29 is 9.90 Å². The maximum atomic E-state index is 11.8. The van der Waals surface area contributed by atoms with Crippen molar-refractivity contribution in [2.75, 3.05) is 26.9 Å². The topological polar surface area (TPSA) is 67.8 Å². The van der Waals surface area contributed by atoms with Gasteiger partial charge in [-0.15, -0.1) is 0 Å². The molecular weight excluding hydrogens is 276 g/mol. The Bertz CT molecular complexity index is 380. The zero-order valence-corrected chi connectivity index (χ0v) is 10.4. The minimum atomic E-state index is -0.180. The summed E-state index contributed by atoms with van der Waals surface area (Å²) in [6.45, 7) is 0.626. The fraction of sp³-hybridized carbons (Fsp3) is 0.444. The van der Waals surface area contributed by atoms with E-state index in [0.29, 0.717) is 17.8 Å². The van der Waals surface area contributed by atoms with Gasteiger partial charge >= 0.3 is 0 Å². The first-order chi connectivity index (χ1) is 7.67. The molecule has 0 aromatic rings. The van der Waals surface area contributed by atoms with Gasteiger partial charge in [0, 0.05) is 35.1 Å². The van der Waals surface area contributed by atoms with Gasteiger partial charge < -0.3 is 14.3 Å². The SMILES string of the molecule is CNC1=C2C(=O)CNN(CO)C2=CN(Br)C1. The van der Waals surface area contributed by atoms with E-state index in [-0.39, 0.29) is 19.1 Å². The lowest BCUT2D eigenvalue weighted by Gasteiger charge is -2.36. The molecule has 0 atom stereocenters. The van der Waals surface area contributed by atoms with Crippen molar-refractivity contribution >= 4 is 21.9 Å². The van der Waals surface area contributed by atoms with Gasteiger partial charge in [-0.05, 0) is 0 Å². The third-order valence-electron chi connectivity index (χ3n) is 2.57. The van der Waals surface area contributed by atoms with E-state index in [1.54, 1.807) is 22.2 Å². The Morgan fingerprint density at radius 1 is 1.69 bits per heavy atom. The van der Waals surface area contributed by atoms with Gasteiger partial charge in [0.15, 0.2) is 5.78 Å². The second kappa shape index (κ2) is 4.44. The monoisotopic (exact) mass is 288 g/mol. The first-order valence-corrected chi connectivity index (χ1v) is 5.59. The zero-order valence-electron chi connectivity index (χ0n) is 8.83. The fourth-order valence-electron chi connectivity index (χ4n) is 1.81. The number of nitrogens with one attached hydrogen (secondary N) is 2. The quantitative estimate of drug-likeness (QED) is 0.582. The predicted octanol–water partition coefficient (Wildman–Crippen LogP) is -0.734. The number of hydrogen-bond donors (Lipinski definition) is 3. The molecular formula is C9H13BrN4O2. The van der Waals surface area contributed by atoms with Crippen LogP contribution in [-0.4, -0.2) is 46.7 Å². The summed E-state index contributed by atoms with van der Waals surface area (Å²) in [5, 5.41) is 13.8. The molecule has 2 heterocycles. The van der Waals surface area contributed by atoms with Crippen LogP contribution in [0.3, 0.4) is 0 Å². The largest absolute Gasteiger partial charge is 0.389 e. The van der Waals surface area contributed by atoms with Gasteiger partial charge in [0.2, 0.25) is 0 Å². The Labute approximate surface area is 102 Å². The van der Waals surface area contributed by atoms with Crippen molar-refractivity contribution in [3.63, 3.8) is 0 Å². The molecule has 0 saturated carbocycles. The van der Waals surface area contributed by atoms with E-state index in [4.69, 9.17) is 0 Å². The first-order valence-electron chi connectivity index (χ1n) is 4.88. The predicted molar refractivity (Wildman–Crippen MR) is 61.7 cm³/mol. The van der Waals surface area contributed by atoms with Crippen LogP contribution in [-0.2, 0) is 4.79 Å². The Morgan fingerprint density at radius 3 is 3.06 bits per heavy atom. The van der Waals surface area contributed by atoms with Gasteiger partial charge in [-0.2, -0.15) is 0 Å². The van der Waals surface area contributed by atoms with Crippen LogP contribution < -0.4 is 10.7 Å². The van der Waals surface area contributed by atoms with E-state index in [0.717, 1.165) is 5.70 Å². The van der Waals surface area contributed by atoms with Crippen molar-refractivity contribution in [3.8, 4) is 0 Å². The van der Waals surface area contributed by atoms with Gasteiger partial charge in [-0.3, -0.25) is 9.80 Å². The molecule has 0 aliphatic carbocycles. The molecule has 0 radical (unpaired) electrons. The van der Waals surface area contributed by atoms with E-state index < -0.39 is 0 Å². The normalized spacial score (nSPS) is 20.9. The van der Waals surface area contributed by atoms with Gasteiger partial charge in [0.05, 0.1) is 24.4 Å². The molecule has 16 heavy (non-hydrogen) atoms. The molecule has 6 nitrogen and oxygen atoms in total. The van der Waals surface area contributed by atoms with Crippen molar-refractivity contribution in [3.05, 3.63) is 23.2 Å². The van der Waals surface area contributed by atoms with Crippen molar-refractivity contribution in [1.82, 2.24) is 19.7 Å². The van der Waals surface area contributed by atoms with E-state index in [1.807, 2.05) is 0 Å². The van der Waals surface area contributed by atoms with Gasteiger partial charge in [0.1, 0.15) is 6.73 Å². The number of aliphatic hydroxyl groups excluding tert-OH is 1. The second-order valence-corrected chi connectivity index (χ2v) is 4.41. The second-order valence-electron chi connectivity index (χ2n) is 3.50. The number of Topliss-reactive ketones (excluding diaryl/α,β-unsaturated/α-hetero) is 1. The molecule has 0 aromatic carbocycles. The number of carbonyl (C=O) groups excluding carboxylic acids is 1. The molecule has 2 aliphatic rings.